The summed E-state index contributed by atoms with van der Waals surface area (Å²) in [6.45, 7) is 0. The number of nitrogen functional groups attached to an aromatic ring is 1. The molecular formula is C8H6ClF3N4S. The van der Waals surface area contributed by atoms with E-state index in [2.05, 4.69) is 10.1 Å². The summed E-state index contributed by atoms with van der Waals surface area (Å²) in [6, 6.07) is 0. The van der Waals surface area contributed by atoms with Gasteiger partial charge < -0.3 is 5.73 Å². The van der Waals surface area contributed by atoms with Crippen LogP contribution < -0.4 is 5.73 Å². The van der Waals surface area contributed by atoms with Gasteiger partial charge in [-0.15, -0.1) is 11.3 Å². The Morgan fingerprint density at radius 2 is 2.12 bits per heavy atom. The van der Waals surface area contributed by atoms with E-state index in [9.17, 15) is 13.2 Å². The summed E-state index contributed by atoms with van der Waals surface area (Å²) >= 11 is 6.83. The predicted molar refractivity (Wildman–Crippen MR) is 58.7 cm³/mol. The number of nitrogens with two attached hydrogens (primary N) is 1. The van der Waals surface area contributed by atoms with Gasteiger partial charge in [0.15, 0.2) is 10.8 Å². The van der Waals surface area contributed by atoms with Crippen LogP contribution in [0.4, 0.5) is 18.3 Å². The number of nitrogens with zero attached hydrogens (tertiary/aromatic N) is 3. The summed E-state index contributed by atoms with van der Waals surface area (Å²) in [7, 11) is 1.33. The van der Waals surface area contributed by atoms with Crippen molar-refractivity contribution in [2.24, 2.45) is 7.05 Å². The normalized spacial score (nSPS) is 12.1. The molecule has 2 N–H and O–H groups in total. The van der Waals surface area contributed by atoms with Gasteiger partial charge in [0.25, 0.3) is 0 Å². The average Bonchev–Trinajstić information content (AvgIpc) is 2.72. The molecule has 0 atom stereocenters. The van der Waals surface area contributed by atoms with E-state index >= 15 is 0 Å². The maximum absolute atomic E-state index is 12.7. The van der Waals surface area contributed by atoms with Crippen molar-refractivity contribution in [3.8, 4) is 11.3 Å². The Morgan fingerprint density at radius 1 is 1.47 bits per heavy atom. The van der Waals surface area contributed by atoms with E-state index < -0.39 is 11.9 Å². The van der Waals surface area contributed by atoms with E-state index in [0.29, 0.717) is 0 Å². The number of anilines is 1. The summed E-state index contributed by atoms with van der Waals surface area (Å²) < 4.78 is 39.2. The molecule has 0 amide bonds. The van der Waals surface area contributed by atoms with Crippen molar-refractivity contribution in [1.82, 2.24) is 14.8 Å². The topological polar surface area (TPSA) is 56.7 Å². The molecule has 4 nitrogen and oxygen atoms in total. The van der Waals surface area contributed by atoms with Gasteiger partial charge in [-0.2, -0.15) is 18.3 Å². The zero-order chi connectivity index (χ0) is 12.8. The Balaban J connectivity index is 2.67. The van der Waals surface area contributed by atoms with Crippen LogP contribution in [0.1, 0.15) is 5.69 Å². The zero-order valence-corrected chi connectivity index (χ0v) is 9.99. The standard InChI is InChI=1S/C8H6ClF3N4S/c1-16-6(9)4(3-2-17-7(13)14-3)5(15-16)8(10,11)12/h2H,1H3,(H2,13,14). The lowest BCUT2D eigenvalue weighted by Gasteiger charge is -2.03. The first-order chi connectivity index (χ1) is 7.80. The van der Waals surface area contributed by atoms with Crippen LogP contribution in [0.5, 0.6) is 0 Å². The van der Waals surface area contributed by atoms with Crippen molar-refractivity contribution in [2.45, 2.75) is 6.18 Å². The molecule has 0 radical (unpaired) electrons. The van der Waals surface area contributed by atoms with Gasteiger partial charge in [0.1, 0.15) is 5.15 Å². The number of hydrogen-bond donors (Lipinski definition) is 1. The molecular weight excluding hydrogens is 277 g/mol. The summed E-state index contributed by atoms with van der Waals surface area (Å²) in [5, 5.41) is 4.81. The third-order valence-electron chi connectivity index (χ3n) is 2.02. The minimum Gasteiger partial charge on any atom is -0.375 e. The molecule has 0 unspecified atom stereocenters. The summed E-state index contributed by atoms with van der Waals surface area (Å²) in [6.07, 6.45) is -4.58. The maximum Gasteiger partial charge on any atom is 0.435 e. The molecule has 0 saturated carbocycles. The first kappa shape index (κ1) is 12.2. The second-order valence-corrected chi connectivity index (χ2v) is 4.45. The van der Waals surface area contributed by atoms with Gasteiger partial charge in [-0.1, -0.05) is 11.6 Å². The summed E-state index contributed by atoms with van der Waals surface area (Å²) in [5.41, 5.74) is 4.17. The number of alkyl halides is 3. The molecule has 0 fully saturated rings. The molecule has 0 aliphatic carbocycles. The molecule has 9 heteroatoms. The molecule has 0 saturated heterocycles. The van der Waals surface area contributed by atoms with Crippen LogP contribution in [0.3, 0.4) is 0 Å². The lowest BCUT2D eigenvalue weighted by molar-refractivity contribution is -0.141. The highest BCUT2D eigenvalue weighted by Crippen LogP contribution is 2.40. The number of aromatic nitrogens is 3. The second kappa shape index (κ2) is 3.88. The third-order valence-corrected chi connectivity index (χ3v) is 3.13. The van der Waals surface area contributed by atoms with Crippen LogP contribution in [0, 0.1) is 0 Å². The van der Waals surface area contributed by atoms with E-state index in [1.807, 2.05) is 0 Å². The molecule has 0 aliphatic rings. The van der Waals surface area contributed by atoms with Crippen molar-refractivity contribution >= 4 is 28.1 Å². The minimum atomic E-state index is -4.58. The summed E-state index contributed by atoms with van der Waals surface area (Å²) in [5.74, 6) is 0. The van der Waals surface area contributed by atoms with E-state index in [-0.39, 0.29) is 21.5 Å². The van der Waals surface area contributed by atoms with E-state index in [0.717, 1.165) is 16.0 Å². The number of aryl methyl sites for hydroxylation is 1. The van der Waals surface area contributed by atoms with Gasteiger partial charge in [-0.25, -0.2) is 4.98 Å². The highest BCUT2D eigenvalue weighted by molar-refractivity contribution is 7.13. The van der Waals surface area contributed by atoms with Crippen molar-refractivity contribution in [2.75, 3.05) is 5.73 Å². The monoisotopic (exact) mass is 282 g/mol. The number of rotatable bonds is 1. The second-order valence-electron chi connectivity index (χ2n) is 3.21. The highest BCUT2D eigenvalue weighted by Gasteiger charge is 2.39. The Bertz CT molecular complexity index is 560. The van der Waals surface area contributed by atoms with E-state index in [1.165, 1.54) is 12.4 Å². The molecule has 0 aliphatic heterocycles. The van der Waals surface area contributed by atoms with Crippen molar-refractivity contribution in [3.63, 3.8) is 0 Å². The first-order valence-corrected chi connectivity index (χ1v) is 5.57. The predicted octanol–water partition coefficient (Wildman–Crippen LogP) is 2.80. The van der Waals surface area contributed by atoms with Gasteiger partial charge in [-0.3, -0.25) is 4.68 Å². The van der Waals surface area contributed by atoms with Crippen LogP contribution in [0.25, 0.3) is 11.3 Å². The van der Waals surface area contributed by atoms with Crippen molar-refractivity contribution in [3.05, 3.63) is 16.2 Å². The Labute approximate surface area is 103 Å². The van der Waals surface area contributed by atoms with Gasteiger partial charge in [0.2, 0.25) is 0 Å². The number of thiazole rings is 1. The fourth-order valence-electron chi connectivity index (χ4n) is 1.33. The minimum absolute atomic E-state index is 0.0814. The molecule has 2 aromatic heterocycles. The third kappa shape index (κ3) is 2.09. The highest BCUT2D eigenvalue weighted by atomic mass is 35.5. The van der Waals surface area contributed by atoms with Crippen LogP contribution in [-0.2, 0) is 13.2 Å². The molecule has 2 aromatic rings. The molecule has 17 heavy (non-hydrogen) atoms. The van der Waals surface area contributed by atoms with E-state index in [1.54, 1.807) is 0 Å². The quantitative estimate of drug-likeness (QED) is 0.875. The Morgan fingerprint density at radius 3 is 2.59 bits per heavy atom. The van der Waals surface area contributed by atoms with Crippen LogP contribution in [0.2, 0.25) is 5.15 Å². The van der Waals surface area contributed by atoms with Crippen LogP contribution in [-0.4, -0.2) is 14.8 Å². The summed E-state index contributed by atoms with van der Waals surface area (Å²) in [4.78, 5) is 3.79. The SMILES string of the molecule is Cn1nc(C(F)(F)F)c(-c2csc(N)n2)c1Cl. The Kier molecular flexibility index (Phi) is 2.78. The first-order valence-electron chi connectivity index (χ1n) is 4.31. The van der Waals surface area contributed by atoms with Crippen molar-refractivity contribution < 1.29 is 13.2 Å². The van der Waals surface area contributed by atoms with Gasteiger partial charge in [0, 0.05) is 12.4 Å². The molecule has 92 valence electrons. The maximum atomic E-state index is 12.7. The van der Waals surface area contributed by atoms with Crippen LogP contribution >= 0.6 is 22.9 Å². The van der Waals surface area contributed by atoms with Gasteiger partial charge in [-0.05, 0) is 0 Å². The fraction of sp³-hybridized carbons (Fsp3) is 0.250. The largest absolute Gasteiger partial charge is 0.435 e. The fourth-order valence-corrected chi connectivity index (χ4v) is 2.11. The lowest BCUT2D eigenvalue weighted by atomic mass is 10.2. The number of halogens is 4. The zero-order valence-electron chi connectivity index (χ0n) is 8.42. The van der Waals surface area contributed by atoms with Crippen LogP contribution in [0.15, 0.2) is 5.38 Å². The molecule has 2 heterocycles. The van der Waals surface area contributed by atoms with E-state index in [4.69, 9.17) is 17.3 Å². The van der Waals surface area contributed by atoms with Gasteiger partial charge >= 0.3 is 6.18 Å². The van der Waals surface area contributed by atoms with Crippen molar-refractivity contribution in [1.29, 1.82) is 0 Å². The average molecular weight is 283 g/mol. The molecule has 2 rings (SSSR count). The van der Waals surface area contributed by atoms with Gasteiger partial charge in [0.05, 0.1) is 11.3 Å². The lowest BCUT2D eigenvalue weighted by Crippen LogP contribution is -2.08. The molecule has 0 spiro atoms. The number of hydrogen-bond acceptors (Lipinski definition) is 4. The smallest absolute Gasteiger partial charge is 0.375 e. The molecule has 0 bridgehead atoms. The molecule has 0 aromatic carbocycles. The Hall–Kier alpha value is -1.28.